The average Bonchev–Trinajstić information content (AvgIpc) is 3.49. The van der Waals surface area contributed by atoms with Gasteiger partial charge in [0.15, 0.2) is 5.78 Å². The summed E-state index contributed by atoms with van der Waals surface area (Å²) in [6.45, 7) is 31.3. The normalized spacial score (nSPS) is 24.5. The smallest absolute Gasteiger partial charge is 0.870 e. The third kappa shape index (κ3) is 17.8. The zero-order chi connectivity index (χ0) is 36.0. The Balaban J connectivity index is -0.000000284. The maximum atomic E-state index is 11.2. The van der Waals surface area contributed by atoms with Gasteiger partial charge in [0, 0.05) is 18.8 Å². The van der Waals surface area contributed by atoms with Gasteiger partial charge < -0.3 is 15.1 Å². The Kier molecular flexibility index (Phi) is 27.8. The molecular weight excluding hydrogens is 619 g/mol. The molecular formula is C43H77NaO5. The topological polar surface area (TPSA) is 98.3 Å². The van der Waals surface area contributed by atoms with E-state index in [4.69, 9.17) is 0 Å². The molecule has 0 aromatic rings. The van der Waals surface area contributed by atoms with Crippen LogP contribution in [0.1, 0.15) is 169 Å². The van der Waals surface area contributed by atoms with Crippen molar-refractivity contribution in [2.75, 3.05) is 0 Å². The number of allylic oxidation sites excluding steroid dienone is 6. The van der Waals surface area contributed by atoms with Crippen LogP contribution in [0.15, 0.2) is 34.9 Å². The minimum absolute atomic E-state index is 0. The minimum atomic E-state index is 0. The first kappa shape index (κ1) is 54.6. The fourth-order valence-corrected chi connectivity index (χ4v) is 6.53. The molecule has 1 fully saturated rings. The van der Waals surface area contributed by atoms with Crippen LogP contribution < -0.4 is 29.6 Å². The third-order valence-corrected chi connectivity index (χ3v) is 12.5. The summed E-state index contributed by atoms with van der Waals surface area (Å²) in [6, 6.07) is 0. The Morgan fingerprint density at radius 2 is 1.27 bits per heavy atom. The first-order chi connectivity index (χ1) is 21.1. The molecule has 0 heterocycles. The Morgan fingerprint density at radius 1 is 0.837 bits per heavy atom. The van der Waals surface area contributed by atoms with E-state index in [-0.39, 0.29) is 65.4 Å². The minimum Gasteiger partial charge on any atom is -0.870 e. The summed E-state index contributed by atoms with van der Waals surface area (Å²) in [5.41, 5.74) is 4.85. The molecule has 3 aliphatic rings. The largest absolute Gasteiger partial charge is 1.00 e. The van der Waals surface area contributed by atoms with Crippen LogP contribution in [0.4, 0.5) is 0 Å². The first-order valence-corrected chi connectivity index (χ1v) is 18.0. The van der Waals surface area contributed by atoms with Gasteiger partial charge in [-0.15, -0.1) is 0 Å². The van der Waals surface area contributed by atoms with Gasteiger partial charge in [-0.25, -0.2) is 0 Å². The van der Waals surface area contributed by atoms with Crippen LogP contribution in [0, 0.1) is 45.8 Å². The van der Waals surface area contributed by atoms with Crippen molar-refractivity contribution in [3.05, 3.63) is 34.9 Å². The average molecular weight is 697 g/mol. The van der Waals surface area contributed by atoms with E-state index in [1.54, 1.807) is 20.8 Å². The Hall–Kier alpha value is -1.14. The van der Waals surface area contributed by atoms with Gasteiger partial charge in [0.05, 0.1) is 0 Å². The Bertz CT molecular complexity index is 1110. The molecule has 0 saturated heterocycles. The molecule has 2 unspecified atom stereocenters. The SMILES string of the molecule is C.CC(=O)/C(C)=C/C[C@H]1CC=C(C)C1(C)C.CC(=O)C(C)CC[C@H]1CCC(C)C1(C)C.CC1=CC[C@H](CC=O)C1(C)C.CCC(C)=O.[Na+].[OH-]. The standard InChI is InChI=1S/C14H26O.C14H22O.C10H16O.C4H8O.CH4.Na.H2O/c2*1-10(12(3)15)6-8-13-9-7-11(2)14(13,4)5;1-8-4-5-9(6-7-11)10(8,2)3;1-3-4(2)5;;;/h10-11,13H,6-9H2,1-5H3;6-7,13H,8-9H2,1-5H3;4,7,9H,5-6H2,1-3H3;3H2,1-2H3;1H4;;1H2/q;;;;;+1;/p-1/b;10-6+;;;;;/t10?,11?,13-;13-;9-;;;;/m001..../s1. The predicted octanol–water partition coefficient (Wildman–Crippen LogP) is 8.98. The fourth-order valence-electron chi connectivity index (χ4n) is 6.53. The van der Waals surface area contributed by atoms with Crippen LogP contribution >= 0.6 is 0 Å². The number of hydrogen-bond acceptors (Lipinski definition) is 5. The van der Waals surface area contributed by atoms with Crippen LogP contribution in [0.2, 0.25) is 0 Å². The van der Waals surface area contributed by atoms with E-state index < -0.39 is 0 Å². The molecule has 0 amide bonds. The maximum Gasteiger partial charge on any atom is 1.00 e. The van der Waals surface area contributed by atoms with Crippen LogP contribution in [0.5, 0.6) is 0 Å². The second-order valence-electron chi connectivity index (χ2n) is 16.3. The first-order valence-electron chi connectivity index (χ1n) is 18.0. The summed E-state index contributed by atoms with van der Waals surface area (Å²) in [4.78, 5) is 42.4. The molecule has 0 aliphatic heterocycles. The zero-order valence-electron chi connectivity index (χ0n) is 34.1. The summed E-state index contributed by atoms with van der Waals surface area (Å²) < 4.78 is 0. The van der Waals surface area contributed by atoms with Crippen molar-refractivity contribution in [3.63, 3.8) is 0 Å². The number of ketones is 3. The van der Waals surface area contributed by atoms with Crippen molar-refractivity contribution in [1.29, 1.82) is 0 Å². The zero-order valence-corrected chi connectivity index (χ0v) is 36.1. The molecule has 5 atom stereocenters. The Morgan fingerprint density at radius 3 is 1.55 bits per heavy atom. The predicted molar refractivity (Wildman–Crippen MR) is 205 cm³/mol. The van der Waals surface area contributed by atoms with Crippen LogP contribution in [-0.4, -0.2) is 29.1 Å². The van der Waals surface area contributed by atoms with E-state index in [2.05, 4.69) is 87.5 Å². The van der Waals surface area contributed by atoms with Gasteiger partial charge >= 0.3 is 29.6 Å². The van der Waals surface area contributed by atoms with E-state index in [0.29, 0.717) is 41.3 Å². The van der Waals surface area contributed by atoms with E-state index in [1.807, 2.05) is 13.8 Å². The molecule has 0 radical (unpaired) electrons. The molecule has 0 bridgehead atoms. The molecule has 1 N–H and O–H groups in total. The third-order valence-electron chi connectivity index (χ3n) is 12.5. The van der Waals surface area contributed by atoms with Crippen molar-refractivity contribution in [2.24, 2.45) is 45.8 Å². The monoisotopic (exact) mass is 697 g/mol. The molecule has 6 heteroatoms. The molecule has 5 nitrogen and oxygen atoms in total. The summed E-state index contributed by atoms with van der Waals surface area (Å²) in [6.07, 6.45) is 17.4. The van der Waals surface area contributed by atoms with Crippen molar-refractivity contribution in [3.8, 4) is 0 Å². The van der Waals surface area contributed by atoms with Crippen molar-refractivity contribution in [2.45, 2.75) is 169 Å². The maximum absolute atomic E-state index is 11.2. The van der Waals surface area contributed by atoms with Crippen LogP contribution in [0.3, 0.4) is 0 Å². The fraction of sp³-hybridized carbons (Fsp3) is 0.767. The van der Waals surface area contributed by atoms with E-state index in [9.17, 15) is 19.2 Å². The number of carbonyl (C=O) groups excluding carboxylic acids is 4. The summed E-state index contributed by atoms with van der Waals surface area (Å²) in [5.74, 6) is 3.92. The van der Waals surface area contributed by atoms with Gasteiger partial charge in [0.2, 0.25) is 0 Å². The molecule has 0 aromatic carbocycles. The quantitative estimate of drug-likeness (QED) is 0.0983. The number of aldehydes is 1. The summed E-state index contributed by atoms with van der Waals surface area (Å²) in [7, 11) is 0. The van der Waals surface area contributed by atoms with Gasteiger partial charge in [-0.05, 0) is 132 Å². The van der Waals surface area contributed by atoms with Crippen molar-refractivity contribution < 1.29 is 54.2 Å². The van der Waals surface area contributed by atoms with E-state index >= 15 is 0 Å². The number of rotatable bonds is 10. The molecule has 0 aromatic heterocycles. The number of Topliss-reactive ketones (excluding diaryl/α,β-unsaturated/α-hetero) is 3. The van der Waals surface area contributed by atoms with Crippen molar-refractivity contribution >= 4 is 23.6 Å². The van der Waals surface area contributed by atoms with E-state index in [1.165, 1.54) is 30.4 Å². The molecule has 280 valence electrons. The second-order valence-corrected chi connectivity index (χ2v) is 16.3. The van der Waals surface area contributed by atoms with Gasteiger partial charge in [-0.3, -0.25) is 9.59 Å². The molecule has 0 spiro atoms. The van der Waals surface area contributed by atoms with Crippen LogP contribution in [0.25, 0.3) is 0 Å². The molecule has 49 heavy (non-hydrogen) atoms. The Labute approximate surface area is 326 Å². The summed E-state index contributed by atoms with van der Waals surface area (Å²) in [5, 5.41) is 0. The van der Waals surface area contributed by atoms with Crippen molar-refractivity contribution in [1.82, 2.24) is 0 Å². The van der Waals surface area contributed by atoms with Gasteiger partial charge in [-0.2, -0.15) is 0 Å². The molecule has 3 rings (SSSR count). The van der Waals surface area contributed by atoms with Gasteiger partial charge in [-0.1, -0.05) is 99.1 Å². The number of hydrogen-bond donors (Lipinski definition) is 0. The molecule has 3 aliphatic carbocycles. The van der Waals surface area contributed by atoms with Gasteiger partial charge in [0.25, 0.3) is 0 Å². The second kappa shape index (κ2) is 24.9. The molecule has 1 saturated carbocycles. The van der Waals surface area contributed by atoms with Gasteiger partial charge in [0.1, 0.15) is 17.9 Å². The van der Waals surface area contributed by atoms with E-state index in [0.717, 1.165) is 49.4 Å². The number of carbonyl (C=O) groups is 4. The van der Waals surface area contributed by atoms with Crippen LogP contribution in [-0.2, 0) is 19.2 Å². The summed E-state index contributed by atoms with van der Waals surface area (Å²) >= 11 is 0.